The van der Waals surface area contributed by atoms with Crippen LogP contribution in [0.2, 0.25) is 5.02 Å². The molecule has 2 aromatic rings. The molecule has 4 rings (SSSR count). The second-order valence-electron chi connectivity index (χ2n) is 9.57. The summed E-state index contributed by atoms with van der Waals surface area (Å²) in [4.78, 5) is 16.8. The number of nitrogens with two attached hydrogens (primary N) is 1. The molecular weight excluding hydrogens is 417 g/mol. The summed E-state index contributed by atoms with van der Waals surface area (Å²) in [5.74, 6) is 0.0746. The number of ether oxygens (including phenoxy) is 1. The van der Waals surface area contributed by atoms with Crippen LogP contribution in [0.5, 0.6) is 5.75 Å². The number of piperidine rings is 1. The van der Waals surface area contributed by atoms with Gasteiger partial charge in [0, 0.05) is 42.1 Å². The minimum atomic E-state index is -0.493. The Balaban J connectivity index is 1.80. The molecule has 2 aliphatic heterocycles. The van der Waals surface area contributed by atoms with Gasteiger partial charge in [0.25, 0.3) is 0 Å². The molecule has 1 spiro atoms. The molecule has 0 atom stereocenters. The molecule has 166 valence electrons. The summed E-state index contributed by atoms with van der Waals surface area (Å²) < 4.78 is 20.4. The monoisotopic (exact) mass is 445 g/mol. The molecule has 2 N–H and O–H groups in total. The smallest absolute Gasteiger partial charge is 0.227 e. The number of likely N-dealkylation sites (tertiary alicyclic amines) is 1. The third kappa shape index (κ3) is 3.51. The molecule has 1 amide bonds. The second-order valence-corrected chi connectivity index (χ2v) is 9.94. The predicted octanol–water partition coefficient (Wildman–Crippen LogP) is 5.13. The number of amides is 1. The van der Waals surface area contributed by atoms with Crippen molar-refractivity contribution in [1.29, 1.82) is 0 Å². The lowest BCUT2D eigenvalue weighted by atomic mass is 9.73. The van der Waals surface area contributed by atoms with Crippen molar-refractivity contribution in [2.24, 2.45) is 5.41 Å². The maximum atomic E-state index is 14.8. The summed E-state index contributed by atoms with van der Waals surface area (Å²) in [6, 6.07) is 8.95. The first-order chi connectivity index (χ1) is 14.6. The Morgan fingerprint density at radius 2 is 1.87 bits per heavy atom. The fourth-order valence-electron chi connectivity index (χ4n) is 4.92. The molecule has 2 aliphatic rings. The Labute approximate surface area is 187 Å². The highest BCUT2D eigenvalue weighted by atomic mass is 35.5. The van der Waals surface area contributed by atoms with Gasteiger partial charge in [-0.05, 0) is 25.0 Å². The number of nitrogens with zero attached hydrogens (tertiary/aromatic N) is 2. The highest BCUT2D eigenvalue weighted by molar-refractivity contribution is 6.32. The number of rotatable bonds is 2. The van der Waals surface area contributed by atoms with E-state index in [0.29, 0.717) is 43.9 Å². The Kier molecular flexibility index (Phi) is 5.32. The fraction of sp³-hybridized carbons (Fsp3) is 0.458. The van der Waals surface area contributed by atoms with Crippen LogP contribution < -0.4 is 15.4 Å². The maximum absolute atomic E-state index is 14.8. The number of hydrogen-bond donors (Lipinski definition) is 1. The molecule has 0 unspecified atom stereocenters. The lowest BCUT2D eigenvalue weighted by Gasteiger charge is -2.42. The number of halogens is 2. The highest BCUT2D eigenvalue weighted by Crippen LogP contribution is 2.57. The van der Waals surface area contributed by atoms with Crippen molar-refractivity contribution < 1.29 is 13.9 Å². The van der Waals surface area contributed by atoms with Crippen LogP contribution in [0.3, 0.4) is 0 Å². The standard InChI is InChI=1S/C24H29ClFN3O2/c1-23(2,3)22(30)28-11-9-24(10-12-28)14-29(17-8-6-5-7-16(17)27)21-18(31-4)13-15(26)20(25)19(21)24/h5-8,13H,9-12,14,27H2,1-4H3. The fourth-order valence-corrected chi connectivity index (χ4v) is 5.27. The van der Waals surface area contributed by atoms with Crippen molar-refractivity contribution in [2.45, 2.75) is 39.0 Å². The Morgan fingerprint density at radius 3 is 2.45 bits per heavy atom. The van der Waals surface area contributed by atoms with Gasteiger partial charge in [0.1, 0.15) is 11.6 Å². The van der Waals surface area contributed by atoms with E-state index in [0.717, 1.165) is 16.9 Å². The average Bonchev–Trinajstić information content (AvgIpc) is 3.05. The van der Waals surface area contributed by atoms with E-state index < -0.39 is 16.6 Å². The van der Waals surface area contributed by atoms with Crippen molar-refractivity contribution in [3.8, 4) is 5.75 Å². The van der Waals surface area contributed by atoms with Crippen LogP contribution in [0.25, 0.3) is 0 Å². The first-order valence-corrected chi connectivity index (χ1v) is 10.9. The minimum absolute atomic E-state index is 0.128. The van der Waals surface area contributed by atoms with Crippen LogP contribution in [0.4, 0.5) is 21.5 Å². The van der Waals surface area contributed by atoms with Crippen LogP contribution in [0.15, 0.2) is 30.3 Å². The van der Waals surface area contributed by atoms with Gasteiger partial charge < -0.3 is 20.3 Å². The molecule has 1 saturated heterocycles. The summed E-state index contributed by atoms with van der Waals surface area (Å²) in [5.41, 5.74) is 8.48. The van der Waals surface area contributed by atoms with E-state index in [4.69, 9.17) is 22.1 Å². The van der Waals surface area contributed by atoms with Gasteiger partial charge in [0.2, 0.25) is 5.91 Å². The summed E-state index contributed by atoms with van der Waals surface area (Å²) in [6.07, 6.45) is 1.38. The Hall–Kier alpha value is -2.47. The van der Waals surface area contributed by atoms with E-state index in [1.54, 1.807) is 0 Å². The number of methoxy groups -OCH3 is 1. The Morgan fingerprint density at radius 1 is 1.23 bits per heavy atom. The van der Waals surface area contributed by atoms with Crippen molar-refractivity contribution in [3.05, 3.63) is 46.7 Å². The number of carbonyl (C=O) groups is 1. The molecule has 0 bridgehead atoms. The third-order valence-corrected chi connectivity index (χ3v) is 6.88. The molecular formula is C24H29ClFN3O2. The zero-order chi connectivity index (χ0) is 22.6. The van der Waals surface area contributed by atoms with Gasteiger partial charge in [0.05, 0.1) is 29.2 Å². The first kappa shape index (κ1) is 21.8. The number of hydrogen-bond acceptors (Lipinski definition) is 4. The second kappa shape index (κ2) is 7.59. The van der Waals surface area contributed by atoms with Crippen LogP contribution in [0, 0.1) is 11.2 Å². The molecule has 7 heteroatoms. The van der Waals surface area contributed by atoms with Crippen LogP contribution in [0.1, 0.15) is 39.2 Å². The van der Waals surface area contributed by atoms with Gasteiger partial charge in [-0.3, -0.25) is 4.79 Å². The zero-order valence-corrected chi connectivity index (χ0v) is 19.2. The molecule has 1 fully saturated rings. The summed E-state index contributed by atoms with van der Waals surface area (Å²) in [5, 5.41) is 0.128. The van der Waals surface area contributed by atoms with E-state index in [9.17, 15) is 9.18 Å². The maximum Gasteiger partial charge on any atom is 0.227 e. The normalized spacial score (nSPS) is 17.7. The van der Waals surface area contributed by atoms with Gasteiger partial charge in [-0.15, -0.1) is 0 Å². The van der Waals surface area contributed by atoms with Crippen LogP contribution in [-0.4, -0.2) is 37.6 Å². The first-order valence-electron chi connectivity index (χ1n) is 10.6. The number of benzene rings is 2. The minimum Gasteiger partial charge on any atom is -0.494 e. The zero-order valence-electron chi connectivity index (χ0n) is 18.5. The summed E-state index contributed by atoms with van der Waals surface area (Å²) >= 11 is 6.59. The molecule has 2 heterocycles. The van der Waals surface area contributed by atoms with Gasteiger partial charge >= 0.3 is 0 Å². The predicted molar refractivity (Wildman–Crippen MR) is 123 cm³/mol. The molecule has 0 aliphatic carbocycles. The van der Waals surface area contributed by atoms with E-state index >= 15 is 0 Å². The molecule has 31 heavy (non-hydrogen) atoms. The summed E-state index contributed by atoms with van der Waals surface area (Å²) in [7, 11) is 1.53. The number of nitrogen functional groups attached to an aromatic ring is 1. The number of anilines is 3. The molecule has 2 aromatic carbocycles. The largest absolute Gasteiger partial charge is 0.494 e. The van der Waals surface area contributed by atoms with E-state index in [-0.39, 0.29) is 10.9 Å². The van der Waals surface area contributed by atoms with Crippen LogP contribution >= 0.6 is 11.6 Å². The number of para-hydroxylation sites is 2. The number of fused-ring (bicyclic) bond motifs is 2. The highest BCUT2D eigenvalue weighted by Gasteiger charge is 2.49. The van der Waals surface area contributed by atoms with Crippen molar-refractivity contribution in [3.63, 3.8) is 0 Å². The SMILES string of the molecule is COc1cc(F)c(Cl)c2c1N(c1ccccc1N)CC21CCN(C(=O)C(C)(C)C)CC1. The van der Waals surface area contributed by atoms with Gasteiger partial charge in [0.15, 0.2) is 0 Å². The van der Waals surface area contributed by atoms with Crippen molar-refractivity contribution in [2.75, 3.05) is 37.4 Å². The lowest BCUT2D eigenvalue weighted by molar-refractivity contribution is -0.141. The van der Waals surface area contributed by atoms with E-state index in [2.05, 4.69) is 4.90 Å². The lowest BCUT2D eigenvalue weighted by Crippen LogP contribution is -2.49. The Bertz CT molecular complexity index is 1030. The van der Waals surface area contributed by atoms with Gasteiger partial charge in [-0.2, -0.15) is 0 Å². The van der Waals surface area contributed by atoms with Crippen molar-refractivity contribution in [1.82, 2.24) is 4.90 Å². The topological polar surface area (TPSA) is 58.8 Å². The average molecular weight is 446 g/mol. The van der Waals surface area contributed by atoms with Gasteiger partial charge in [-0.25, -0.2) is 4.39 Å². The van der Waals surface area contributed by atoms with Gasteiger partial charge in [-0.1, -0.05) is 44.5 Å². The number of carbonyl (C=O) groups excluding carboxylic acids is 1. The third-order valence-electron chi connectivity index (χ3n) is 6.52. The summed E-state index contributed by atoms with van der Waals surface area (Å²) in [6.45, 7) is 7.60. The quantitative estimate of drug-likeness (QED) is 0.651. The molecule has 5 nitrogen and oxygen atoms in total. The van der Waals surface area contributed by atoms with Crippen molar-refractivity contribution >= 4 is 34.6 Å². The van der Waals surface area contributed by atoms with E-state index in [1.165, 1.54) is 13.2 Å². The molecule has 0 radical (unpaired) electrons. The van der Waals surface area contributed by atoms with Crippen LogP contribution in [-0.2, 0) is 10.2 Å². The molecule has 0 aromatic heterocycles. The van der Waals surface area contributed by atoms with E-state index in [1.807, 2.05) is 49.9 Å². The molecule has 0 saturated carbocycles.